The number of benzene rings is 3. The molecule has 7 heteroatoms. The van der Waals surface area contributed by atoms with Gasteiger partial charge in [-0.1, -0.05) is 54.1 Å². The van der Waals surface area contributed by atoms with Gasteiger partial charge in [0.1, 0.15) is 5.82 Å². The predicted molar refractivity (Wildman–Crippen MR) is 141 cm³/mol. The molecule has 5 nitrogen and oxygen atoms in total. The summed E-state index contributed by atoms with van der Waals surface area (Å²) in [4.78, 5) is 11.3. The van der Waals surface area contributed by atoms with Crippen molar-refractivity contribution in [3.8, 4) is 11.1 Å². The van der Waals surface area contributed by atoms with Gasteiger partial charge in [0.05, 0.1) is 29.4 Å². The second-order valence-electron chi connectivity index (χ2n) is 9.74. The average molecular weight is 514 g/mol. The molecule has 0 aliphatic carbocycles. The molecule has 2 atom stereocenters. The van der Waals surface area contributed by atoms with Crippen LogP contribution in [0.5, 0.6) is 0 Å². The minimum absolute atomic E-state index is 0.0493. The van der Waals surface area contributed by atoms with Crippen molar-refractivity contribution >= 4 is 17.6 Å². The highest BCUT2D eigenvalue weighted by Crippen LogP contribution is 2.32. The Bertz CT molecular complexity index is 1210. The van der Waals surface area contributed by atoms with Crippen LogP contribution in [0.2, 0.25) is 5.02 Å². The molecular weight excluding hydrogens is 481 g/mol. The van der Waals surface area contributed by atoms with E-state index in [1.165, 1.54) is 6.07 Å². The zero-order chi connectivity index (χ0) is 26.5. The summed E-state index contributed by atoms with van der Waals surface area (Å²) in [6.45, 7) is 8.11. The van der Waals surface area contributed by atoms with Gasteiger partial charge in [-0.15, -0.1) is 0 Å². The molecule has 0 heterocycles. The Morgan fingerprint density at radius 1 is 1.14 bits per heavy atom. The third-order valence-corrected chi connectivity index (χ3v) is 6.46. The van der Waals surface area contributed by atoms with Crippen LogP contribution in [0.15, 0.2) is 60.7 Å². The Kier molecular flexibility index (Phi) is 9.25. The van der Waals surface area contributed by atoms with Gasteiger partial charge in [0.2, 0.25) is 0 Å². The van der Waals surface area contributed by atoms with Crippen LogP contribution in [0.4, 0.5) is 4.39 Å². The SMILES string of the molecule is Cc1ccc(CC(C)(C)NC[C@@H](O)CO[C@H](C)c2ccccc2-c2ccc(C(=O)O)c(Cl)c2)cc1F. The van der Waals surface area contributed by atoms with Crippen LogP contribution in [0.3, 0.4) is 0 Å². The fraction of sp³-hybridized carbons (Fsp3) is 0.345. The highest BCUT2D eigenvalue weighted by molar-refractivity contribution is 6.33. The molecule has 0 fully saturated rings. The number of rotatable bonds is 11. The molecule has 36 heavy (non-hydrogen) atoms. The van der Waals surface area contributed by atoms with E-state index in [2.05, 4.69) is 5.32 Å². The summed E-state index contributed by atoms with van der Waals surface area (Å²) in [5.41, 5.74) is 3.78. The summed E-state index contributed by atoms with van der Waals surface area (Å²) < 4.78 is 19.9. The largest absolute Gasteiger partial charge is 0.478 e. The first-order valence-corrected chi connectivity index (χ1v) is 12.3. The monoisotopic (exact) mass is 513 g/mol. The van der Waals surface area contributed by atoms with E-state index in [0.717, 1.165) is 22.3 Å². The first-order chi connectivity index (χ1) is 17.0. The second kappa shape index (κ2) is 12.0. The number of halogens is 2. The highest BCUT2D eigenvalue weighted by atomic mass is 35.5. The topological polar surface area (TPSA) is 78.8 Å². The summed E-state index contributed by atoms with van der Waals surface area (Å²) in [5.74, 6) is -1.29. The number of hydrogen-bond acceptors (Lipinski definition) is 4. The number of carboxylic acid groups (broad SMARTS) is 1. The van der Waals surface area contributed by atoms with Gasteiger partial charge in [0.25, 0.3) is 0 Å². The zero-order valence-corrected chi connectivity index (χ0v) is 21.8. The van der Waals surface area contributed by atoms with E-state index >= 15 is 0 Å². The average Bonchev–Trinajstić information content (AvgIpc) is 2.83. The minimum atomic E-state index is -1.08. The van der Waals surface area contributed by atoms with Crippen LogP contribution in [-0.2, 0) is 11.2 Å². The van der Waals surface area contributed by atoms with E-state index in [9.17, 15) is 19.4 Å². The lowest BCUT2D eigenvalue weighted by Gasteiger charge is -2.28. The van der Waals surface area contributed by atoms with Crippen LogP contribution in [0.1, 0.15) is 53.9 Å². The molecule has 0 bridgehead atoms. The Morgan fingerprint density at radius 3 is 2.53 bits per heavy atom. The number of β-amino-alcohol motifs (C(OH)–C–C–N with tert-alkyl or cyclic N) is 1. The van der Waals surface area contributed by atoms with E-state index in [4.69, 9.17) is 16.3 Å². The number of aliphatic hydroxyl groups excluding tert-OH is 1. The summed E-state index contributed by atoms with van der Waals surface area (Å²) >= 11 is 6.18. The molecule has 192 valence electrons. The van der Waals surface area contributed by atoms with Gasteiger partial charge in [0.15, 0.2) is 0 Å². The smallest absolute Gasteiger partial charge is 0.337 e. The second-order valence-corrected chi connectivity index (χ2v) is 10.1. The van der Waals surface area contributed by atoms with Crippen LogP contribution in [0, 0.1) is 12.7 Å². The molecule has 3 rings (SSSR count). The van der Waals surface area contributed by atoms with Gasteiger partial charge < -0.3 is 20.3 Å². The lowest BCUT2D eigenvalue weighted by Crippen LogP contribution is -2.46. The maximum Gasteiger partial charge on any atom is 0.337 e. The molecule has 0 aliphatic rings. The fourth-order valence-corrected chi connectivity index (χ4v) is 4.35. The van der Waals surface area contributed by atoms with E-state index < -0.39 is 12.1 Å². The third-order valence-electron chi connectivity index (χ3n) is 6.15. The fourth-order valence-electron chi connectivity index (χ4n) is 4.09. The summed E-state index contributed by atoms with van der Waals surface area (Å²) in [7, 11) is 0. The normalized spacial score (nSPS) is 13.4. The van der Waals surface area contributed by atoms with Crippen molar-refractivity contribution in [3.05, 3.63) is 93.8 Å². The Balaban J connectivity index is 1.59. The van der Waals surface area contributed by atoms with Gasteiger partial charge in [-0.2, -0.15) is 0 Å². The molecule has 3 N–H and O–H groups in total. The Labute approximate surface area is 216 Å². The molecule has 0 unspecified atom stereocenters. The molecular formula is C29H33ClFNO4. The van der Waals surface area contributed by atoms with Crippen molar-refractivity contribution in [2.24, 2.45) is 0 Å². The number of hydrogen-bond donors (Lipinski definition) is 3. The number of carboxylic acids is 1. The van der Waals surface area contributed by atoms with Crippen LogP contribution in [0.25, 0.3) is 11.1 Å². The predicted octanol–water partition coefficient (Wildman–Crippen LogP) is 6.20. The maximum atomic E-state index is 13.9. The summed E-state index contributed by atoms with van der Waals surface area (Å²) in [6, 6.07) is 17.8. The van der Waals surface area contributed by atoms with Crippen LogP contribution in [-0.4, -0.2) is 41.0 Å². The number of aryl methyl sites for hydroxylation is 1. The highest BCUT2D eigenvalue weighted by Gasteiger charge is 2.21. The van der Waals surface area contributed by atoms with Gasteiger partial charge >= 0.3 is 5.97 Å². The number of nitrogens with one attached hydrogen (secondary N) is 1. The van der Waals surface area contributed by atoms with Crippen molar-refractivity contribution in [3.63, 3.8) is 0 Å². The first kappa shape index (κ1) is 27.8. The third kappa shape index (κ3) is 7.37. The molecule has 0 amide bonds. The van der Waals surface area contributed by atoms with E-state index in [1.54, 1.807) is 31.2 Å². The van der Waals surface area contributed by atoms with E-state index in [0.29, 0.717) is 18.5 Å². The van der Waals surface area contributed by atoms with Gasteiger partial charge in [-0.05, 0) is 80.1 Å². The number of ether oxygens (including phenoxy) is 1. The number of carbonyl (C=O) groups is 1. The molecule has 0 aromatic heterocycles. The van der Waals surface area contributed by atoms with E-state index in [1.807, 2.05) is 51.1 Å². The number of aromatic carboxylic acids is 1. The molecule has 0 spiro atoms. The molecule has 0 saturated carbocycles. The molecule has 0 radical (unpaired) electrons. The lowest BCUT2D eigenvalue weighted by atomic mass is 9.94. The quantitative estimate of drug-likeness (QED) is 0.284. The first-order valence-electron chi connectivity index (χ1n) is 11.9. The number of aliphatic hydroxyl groups is 1. The van der Waals surface area contributed by atoms with Gasteiger partial charge in [-0.3, -0.25) is 0 Å². The van der Waals surface area contributed by atoms with Crippen molar-refractivity contribution in [2.75, 3.05) is 13.2 Å². The van der Waals surface area contributed by atoms with Crippen LogP contribution < -0.4 is 5.32 Å². The standard InChI is InChI=1S/C29H33ClFNO4/c1-18-9-10-20(13-27(18)31)15-29(3,4)32-16-22(33)17-36-19(2)23-7-5-6-8-24(23)21-11-12-25(28(34)35)26(30)14-21/h5-14,19,22,32-33H,15-17H2,1-4H3,(H,34,35)/t19-,22-/m1/s1. The van der Waals surface area contributed by atoms with E-state index in [-0.39, 0.29) is 34.7 Å². The van der Waals surface area contributed by atoms with Crippen molar-refractivity contribution < 1.29 is 24.1 Å². The zero-order valence-electron chi connectivity index (χ0n) is 21.0. The van der Waals surface area contributed by atoms with Gasteiger partial charge in [0, 0.05) is 12.1 Å². The molecule has 0 saturated heterocycles. The van der Waals surface area contributed by atoms with Crippen molar-refractivity contribution in [1.29, 1.82) is 0 Å². The van der Waals surface area contributed by atoms with Crippen LogP contribution >= 0.6 is 11.6 Å². The Hall–Kier alpha value is -2.77. The summed E-state index contributed by atoms with van der Waals surface area (Å²) in [6.07, 6.45) is -0.444. The summed E-state index contributed by atoms with van der Waals surface area (Å²) in [5, 5.41) is 23.3. The molecule has 0 aliphatic heterocycles. The Morgan fingerprint density at radius 2 is 1.86 bits per heavy atom. The molecule has 3 aromatic carbocycles. The van der Waals surface area contributed by atoms with Crippen molar-refractivity contribution in [2.45, 2.75) is 51.9 Å². The minimum Gasteiger partial charge on any atom is -0.478 e. The van der Waals surface area contributed by atoms with Gasteiger partial charge in [-0.25, -0.2) is 9.18 Å². The lowest BCUT2D eigenvalue weighted by molar-refractivity contribution is -0.00397. The molecule has 3 aromatic rings. The maximum absolute atomic E-state index is 13.9. The van der Waals surface area contributed by atoms with Crippen molar-refractivity contribution in [1.82, 2.24) is 5.32 Å².